The van der Waals surface area contributed by atoms with Gasteiger partial charge in [0.25, 0.3) is 0 Å². The van der Waals surface area contributed by atoms with E-state index >= 15 is 0 Å². The molecular weight excluding hydrogens is 785 g/mol. The number of piperidine rings is 1. The van der Waals surface area contributed by atoms with Crippen molar-refractivity contribution in [3.05, 3.63) is 133 Å². The summed E-state index contributed by atoms with van der Waals surface area (Å²) in [6, 6.07) is 28.7. The summed E-state index contributed by atoms with van der Waals surface area (Å²) in [5.41, 5.74) is 6.16. The maximum Gasteiger partial charge on any atom is 0.334 e. The average Bonchev–Trinajstić information content (AvgIpc) is 3.62. The van der Waals surface area contributed by atoms with Crippen LogP contribution < -0.4 is 10.6 Å². The fourth-order valence-corrected chi connectivity index (χ4v) is 9.10. The second-order valence-corrected chi connectivity index (χ2v) is 16.3. The number of hydrazine groups is 1. The van der Waals surface area contributed by atoms with E-state index in [9.17, 15) is 29.1 Å². The van der Waals surface area contributed by atoms with Crippen LogP contribution in [-0.4, -0.2) is 109 Å². The fourth-order valence-electron chi connectivity index (χ4n) is 9.10. The second-order valence-electron chi connectivity index (χ2n) is 16.3. The van der Waals surface area contributed by atoms with Crippen LogP contribution in [0.2, 0.25) is 0 Å². The summed E-state index contributed by atoms with van der Waals surface area (Å²) in [5, 5.41) is 20.4. The molecule has 0 radical (unpaired) electrons. The van der Waals surface area contributed by atoms with Gasteiger partial charge in [-0.1, -0.05) is 78.9 Å². The zero-order valence-electron chi connectivity index (χ0n) is 35.1. The Hall–Kier alpha value is -6.93. The van der Waals surface area contributed by atoms with Crippen molar-refractivity contribution >= 4 is 46.3 Å². The number of nitrogens with one attached hydrogen (secondary N) is 2. The molecule has 320 valence electrons. The van der Waals surface area contributed by atoms with Gasteiger partial charge >= 0.3 is 6.03 Å². The van der Waals surface area contributed by atoms with Gasteiger partial charge in [0.1, 0.15) is 18.0 Å². The predicted molar refractivity (Wildman–Crippen MR) is 236 cm³/mol. The van der Waals surface area contributed by atoms with Crippen LogP contribution in [0.1, 0.15) is 36.5 Å². The molecule has 4 heterocycles. The minimum absolute atomic E-state index is 0.0348. The van der Waals surface area contributed by atoms with Crippen LogP contribution in [0, 0.1) is 5.92 Å². The highest BCUT2D eigenvalue weighted by Crippen LogP contribution is 2.35. The molecule has 3 aliphatic rings. The summed E-state index contributed by atoms with van der Waals surface area (Å²) in [6.07, 6.45) is 4.35. The van der Waals surface area contributed by atoms with Gasteiger partial charge in [-0.15, -0.1) is 6.58 Å². The molecule has 8 rings (SSSR count). The lowest BCUT2D eigenvalue weighted by molar-refractivity contribution is -0.189. The van der Waals surface area contributed by atoms with E-state index < -0.39 is 18.2 Å². The first-order chi connectivity index (χ1) is 30.0. The first-order valence-corrected chi connectivity index (χ1v) is 21.1. The standard InChI is InChI=1S/C48H52N8O6/c1-4-23-54-31-44(59)55-42(26-33-13-19-39(58)20-14-33)47(61)53(30-43(55)56(54)48(62)49-27-34-9-6-5-7-10-34)28-37-11-8-12-40-41(29-51(3)45(37)40)35-15-17-38(18-16-35)50-46(60)36-21-24-52(25-22-36)32(2)57/h4-20,29,36,42-43,58H,1,21-28,30-31H2,2-3H3,(H,49,62)(H,50,60)/t42-,43-/m0/s1. The Morgan fingerprint density at radius 3 is 2.31 bits per heavy atom. The third-order valence-electron chi connectivity index (χ3n) is 12.3. The third-order valence-corrected chi connectivity index (χ3v) is 12.3. The van der Waals surface area contributed by atoms with Crippen LogP contribution in [0.3, 0.4) is 0 Å². The molecule has 14 nitrogen and oxygen atoms in total. The number of fused-ring (bicyclic) bond motifs is 2. The van der Waals surface area contributed by atoms with Crippen molar-refractivity contribution in [2.24, 2.45) is 13.0 Å². The average molecular weight is 837 g/mol. The lowest BCUT2D eigenvalue weighted by atomic mass is 9.95. The van der Waals surface area contributed by atoms with E-state index in [0.29, 0.717) is 31.6 Å². The predicted octanol–water partition coefficient (Wildman–Crippen LogP) is 5.48. The van der Waals surface area contributed by atoms with E-state index in [0.717, 1.165) is 38.7 Å². The Bertz CT molecular complexity index is 2480. The van der Waals surface area contributed by atoms with Crippen molar-refractivity contribution in [2.45, 2.75) is 51.5 Å². The molecule has 62 heavy (non-hydrogen) atoms. The Balaban J connectivity index is 1.07. The molecule has 14 heteroatoms. The molecular formula is C48H52N8O6. The number of aromatic nitrogens is 1. The summed E-state index contributed by atoms with van der Waals surface area (Å²) in [5.74, 6) is -0.571. The van der Waals surface area contributed by atoms with Gasteiger partial charge in [-0.3, -0.25) is 19.2 Å². The molecule has 3 fully saturated rings. The minimum Gasteiger partial charge on any atom is -0.508 e. The highest BCUT2D eigenvalue weighted by Gasteiger charge is 2.51. The maximum atomic E-state index is 14.8. The third kappa shape index (κ3) is 8.64. The number of carbonyl (C=O) groups is 5. The monoisotopic (exact) mass is 836 g/mol. The molecule has 2 atom stereocenters. The number of phenols is 1. The highest BCUT2D eigenvalue weighted by atomic mass is 16.3. The van der Waals surface area contributed by atoms with Crippen molar-refractivity contribution < 1.29 is 29.1 Å². The molecule has 0 spiro atoms. The number of benzene rings is 4. The fraction of sp³-hybridized carbons (Fsp3) is 0.312. The van der Waals surface area contributed by atoms with Crippen molar-refractivity contribution in [3.8, 4) is 16.9 Å². The summed E-state index contributed by atoms with van der Waals surface area (Å²) in [6.45, 7) is 7.31. The van der Waals surface area contributed by atoms with Crippen LogP contribution >= 0.6 is 0 Å². The highest BCUT2D eigenvalue weighted by molar-refractivity contribution is 5.99. The number of likely N-dealkylation sites (tertiary alicyclic amines) is 1. The number of hydrogen-bond acceptors (Lipinski definition) is 7. The number of anilines is 1. The SMILES string of the molecule is C=CCN1CC(=O)N2[C@@H](Cc3ccc(O)cc3)C(=O)N(Cc3cccc4c(-c5ccc(NC(=O)C6CCN(C(C)=O)CC6)cc5)cn(C)c34)C[C@@H]2N1C(=O)NCc1ccccc1. The van der Waals surface area contributed by atoms with Gasteiger partial charge in [0.05, 0.1) is 18.6 Å². The number of aromatic hydroxyl groups is 1. The van der Waals surface area contributed by atoms with E-state index in [1.54, 1.807) is 62.0 Å². The van der Waals surface area contributed by atoms with E-state index in [1.807, 2.05) is 73.8 Å². The molecule has 3 N–H and O–H groups in total. The first kappa shape index (κ1) is 41.8. The number of para-hydroxylation sites is 1. The van der Waals surface area contributed by atoms with Crippen LogP contribution in [0.15, 0.2) is 116 Å². The largest absolute Gasteiger partial charge is 0.508 e. The summed E-state index contributed by atoms with van der Waals surface area (Å²) in [7, 11) is 1.97. The Kier molecular flexibility index (Phi) is 12.1. The summed E-state index contributed by atoms with van der Waals surface area (Å²) < 4.78 is 2.05. The molecule has 6 amide bonds. The number of urea groups is 1. The van der Waals surface area contributed by atoms with Crippen LogP contribution in [0.4, 0.5) is 10.5 Å². The van der Waals surface area contributed by atoms with E-state index in [4.69, 9.17) is 0 Å². The zero-order chi connectivity index (χ0) is 43.5. The Labute approximate surface area is 360 Å². The number of phenolic OH excluding ortho intramolecular Hbond substituents is 1. The van der Waals surface area contributed by atoms with Crippen LogP contribution in [0.25, 0.3) is 22.0 Å². The van der Waals surface area contributed by atoms with Gasteiger partial charge in [0.15, 0.2) is 0 Å². The number of hydrogen-bond donors (Lipinski definition) is 3. The summed E-state index contributed by atoms with van der Waals surface area (Å²) >= 11 is 0. The number of amides is 6. The molecule has 0 saturated carbocycles. The molecule has 3 saturated heterocycles. The molecule has 0 bridgehead atoms. The second kappa shape index (κ2) is 18.0. The maximum absolute atomic E-state index is 14.8. The lowest BCUT2D eigenvalue weighted by Crippen LogP contribution is -2.76. The van der Waals surface area contributed by atoms with Gasteiger partial charge < -0.3 is 35.0 Å². The number of carbonyl (C=O) groups excluding carboxylic acids is 5. The molecule has 1 aromatic heterocycles. The number of piperazine rings is 1. The van der Waals surface area contributed by atoms with Crippen molar-refractivity contribution in [2.75, 3.05) is 38.0 Å². The van der Waals surface area contributed by atoms with Gasteiger partial charge in [0.2, 0.25) is 23.6 Å². The number of rotatable bonds is 11. The molecule has 0 unspecified atom stereocenters. The summed E-state index contributed by atoms with van der Waals surface area (Å²) in [4.78, 5) is 73.0. The molecule has 5 aromatic rings. The topological polar surface area (TPSA) is 151 Å². The molecule has 4 aromatic carbocycles. The lowest BCUT2D eigenvalue weighted by Gasteiger charge is -2.55. The zero-order valence-corrected chi connectivity index (χ0v) is 35.1. The molecule has 0 aliphatic carbocycles. The van der Waals surface area contributed by atoms with E-state index in [-0.39, 0.29) is 74.4 Å². The van der Waals surface area contributed by atoms with E-state index in [1.165, 1.54) is 0 Å². The van der Waals surface area contributed by atoms with Crippen molar-refractivity contribution in [3.63, 3.8) is 0 Å². The van der Waals surface area contributed by atoms with Gasteiger partial charge in [-0.2, -0.15) is 0 Å². The van der Waals surface area contributed by atoms with Gasteiger partial charge in [-0.05, 0) is 59.4 Å². The smallest absolute Gasteiger partial charge is 0.334 e. The minimum atomic E-state index is -0.920. The van der Waals surface area contributed by atoms with Crippen molar-refractivity contribution in [1.82, 2.24) is 34.6 Å². The Morgan fingerprint density at radius 1 is 0.887 bits per heavy atom. The number of aryl methyl sites for hydroxylation is 1. The van der Waals surface area contributed by atoms with Gasteiger partial charge in [0, 0.05) is 81.9 Å². The van der Waals surface area contributed by atoms with Crippen LogP contribution in [-0.2, 0) is 45.7 Å². The molecule has 3 aliphatic heterocycles. The normalized spacial score (nSPS) is 18.5. The first-order valence-electron chi connectivity index (χ1n) is 21.1. The van der Waals surface area contributed by atoms with Gasteiger partial charge in [-0.25, -0.2) is 14.8 Å². The van der Waals surface area contributed by atoms with Crippen molar-refractivity contribution in [1.29, 1.82) is 0 Å². The number of nitrogens with zero attached hydrogens (tertiary/aromatic N) is 6. The quantitative estimate of drug-likeness (QED) is 0.149. The Morgan fingerprint density at radius 2 is 1.61 bits per heavy atom. The van der Waals surface area contributed by atoms with E-state index in [2.05, 4.69) is 34.0 Å². The van der Waals surface area contributed by atoms with Crippen LogP contribution in [0.5, 0.6) is 5.75 Å².